The first-order valence-electron chi connectivity index (χ1n) is 9.37. The average Bonchev–Trinajstić information content (AvgIpc) is 2.69. The van der Waals surface area contributed by atoms with E-state index in [0.29, 0.717) is 57.9 Å². The predicted octanol–water partition coefficient (Wildman–Crippen LogP) is 0.840. The van der Waals surface area contributed by atoms with Gasteiger partial charge in [0, 0.05) is 44.8 Å². The van der Waals surface area contributed by atoms with Gasteiger partial charge in [-0.1, -0.05) is 0 Å². The van der Waals surface area contributed by atoms with E-state index in [9.17, 15) is 18.0 Å². The molecule has 0 saturated carbocycles. The molecule has 0 aliphatic carbocycles. The highest BCUT2D eigenvalue weighted by atomic mass is 32.2. The number of benzene rings is 1. The molecule has 3 amide bonds. The molecule has 2 saturated heterocycles. The summed E-state index contributed by atoms with van der Waals surface area (Å²) >= 11 is 0. The summed E-state index contributed by atoms with van der Waals surface area (Å²) in [5.41, 5.74) is 0.514. The van der Waals surface area contributed by atoms with Crippen molar-refractivity contribution in [2.45, 2.75) is 30.7 Å². The van der Waals surface area contributed by atoms with Gasteiger partial charge in [-0.15, -0.1) is 0 Å². The van der Waals surface area contributed by atoms with Gasteiger partial charge in [0.25, 0.3) is 0 Å². The van der Waals surface area contributed by atoms with Crippen LogP contribution >= 0.6 is 0 Å². The van der Waals surface area contributed by atoms with E-state index in [2.05, 4.69) is 10.6 Å². The molecule has 2 fully saturated rings. The number of carbonyl (C=O) groups is 2. The number of hydrogen-bond acceptors (Lipinski definition) is 5. The summed E-state index contributed by atoms with van der Waals surface area (Å²) in [5.74, 6) is 0.0509. The highest BCUT2D eigenvalue weighted by molar-refractivity contribution is 7.89. The van der Waals surface area contributed by atoms with E-state index in [1.165, 1.54) is 16.4 Å². The van der Waals surface area contributed by atoms with Gasteiger partial charge in [-0.2, -0.15) is 4.31 Å². The number of urea groups is 1. The summed E-state index contributed by atoms with van der Waals surface area (Å²) in [5, 5.41) is 5.62. The molecule has 0 atom stereocenters. The Labute approximate surface area is 165 Å². The number of piperidine rings is 1. The molecule has 1 aromatic carbocycles. The van der Waals surface area contributed by atoms with Crippen LogP contribution in [-0.4, -0.2) is 75.0 Å². The third kappa shape index (κ3) is 5.00. The Morgan fingerprint density at radius 3 is 2.21 bits per heavy atom. The first kappa shape index (κ1) is 20.6. The minimum atomic E-state index is -3.55. The molecule has 2 aliphatic heterocycles. The summed E-state index contributed by atoms with van der Waals surface area (Å²) in [4.78, 5) is 25.5. The first-order chi connectivity index (χ1) is 13.4. The number of nitrogens with zero attached hydrogens (tertiary/aromatic N) is 2. The summed E-state index contributed by atoms with van der Waals surface area (Å²) in [6.07, 6.45) is 1.42. The lowest BCUT2D eigenvalue weighted by Crippen LogP contribution is -2.47. The summed E-state index contributed by atoms with van der Waals surface area (Å²) in [7, 11) is -3.55. The molecule has 2 aliphatic rings. The standard InChI is InChI=1S/C18H26N4O5S/c1-14(23)21-8-6-16(7-9-21)20-18(24)19-15-2-4-17(5-3-15)28(25,26)22-10-12-27-13-11-22/h2-5,16H,6-13H2,1H3,(H2,19,20,24). The zero-order chi connectivity index (χ0) is 20.1. The Balaban J connectivity index is 1.52. The fraction of sp³-hybridized carbons (Fsp3) is 0.556. The van der Waals surface area contributed by atoms with Crippen LogP contribution in [0.25, 0.3) is 0 Å². The average molecular weight is 410 g/mol. The van der Waals surface area contributed by atoms with E-state index in [1.807, 2.05) is 0 Å². The number of ether oxygens (including phenoxy) is 1. The lowest BCUT2D eigenvalue weighted by atomic mass is 10.1. The van der Waals surface area contributed by atoms with Crippen molar-refractivity contribution >= 4 is 27.6 Å². The number of nitrogens with one attached hydrogen (secondary N) is 2. The zero-order valence-corrected chi connectivity index (χ0v) is 16.7. The Hall–Kier alpha value is -2.17. The second-order valence-electron chi connectivity index (χ2n) is 6.92. The van der Waals surface area contributed by atoms with E-state index >= 15 is 0 Å². The van der Waals surface area contributed by atoms with E-state index in [0.717, 1.165) is 0 Å². The maximum Gasteiger partial charge on any atom is 0.319 e. The number of likely N-dealkylation sites (tertiary alicyclic amines) is 1. The van der Waals surface area contributed by atoms with E-state index in [4.69, 9.17) is 4.74 Å². The van der Waals surface area contributed by atoms with Crippen molar-refractivity contribution in [1.29, 1.82) is 0 Å². The summed E-state index contributed by atoms with van der Waals surface area (Å²) in [6.45, 7) is 4.28. The maximum atomic E-state index is 12.6. The SMILES string of the molecule is CC(=O)N1CCC(NC(=O)Nc2ccc(S(=O)(=O)N3CCOCC3)cc2)CC1. The van der Waals surface area contributed by atoms with Crippen LogP contribution in [0, 0.1) is 0 Å². The number of anilines is 1. The zero-order valence-electron chi connectivity index (χ0n) is 15.9. The third-order valence-corrected chi connectivity index (χ3v) is 6.91. The molecule has 9 nitrogen and oxygen atoms in total. The molecule has 0 bridgehead atoms. The normalized spacial score (nSPS) is 19.2. The molecule has 2 N–H and O–H groups in total. The molecule has 0 spiro atoms. The van der Waals surface area contributed by atoms with Crippen molar-refractivity contribution in [3.8, 4) is 0 Å². The fourth-order valence-electron chi connectivity index (χ4n) is 3.34. The Morgan fingerprint density at radius 2 is 1.64 bits per heavy atom. The largest absolute Gasteiger partial charge is 0.379 e. The van der Waals surface area contributed by atoms with Crippen molar-refractivity contribution in [2.75, 3.05) is 44.7 Å². The minimum Gasteiger partial charge on any atom is -0.379 e. The number of morpholine rings is 1. The molecular formula is C18H26N4O5S. The fourth-order valence-corrected chi connectivity index (χ4v) is 4.75. The first-order valence-corrected chi connectivity index (χ1v) is 10.8. The number of sulfonamides is 1. The van der Waals surface area contributed by atoms with Crippen molar-refractivity contribution in [3.05, 3.63) is 24.3 Å². The van der Waals surface area contributed by atoms with Crippen molar-refractivity contribution in [1.82, 2.24) is 14.5 Å². The second-order valence-corrected chi connectivity index (χ2v) is 8.86. The van der Waals surface area contributed by atoms with Gasteiger partial charge in [0.05, 0.1) is 18.1 Å². The van der Waals surface area contributed by atoms with Crippen molar-refractivity contribution in [3.63, 3.8) is 0 Å². The molecule has 3 rings (SSSR count). The van der Waals surface area contributed by atoms with Gasteiger partial charge in [0.1, 0.15) is 0 Å². The lowest BCUT2D eigenvalue weighted by molar-refractivity contribution is -0.129. The third-order valence-electron chi connectivity index (χ3n) is 5.00. The number of amides is 3. The lowest BCUT2D eigenvalue weighted by Gasteiger charge is -2.31. The smallest absolute Gasteiger partial charge is 0.319 e. The van der Waals surface area contributed by atoms with Crippen LogP contribution < -0.4 is 10.6 Å². The summed E-state index contributed by atoms with van der Waals surface area (Å²) < 4.78 is 31.8. The van der Waals surface area contributed by atoms with Crippen LogP contribution in [0.15, 0.2) is 29.2 Å². The molecule has 154 valence electrons. The van der Waals surface area contributed by atoms with Crippen LogP contribution in [0.3, 0.4) is 0 Å². The van der Waals surface area contributed by atoms with Gasteiger partial charge < -0.3 is 20.3 Å². The molecule has 0 aromatic heterocycles. The van der Waals surface area contributed by atoms with Gasteiger partial charge in [0.2, 0.25) is 15.9 Å². The molecule has 0 unspecified atom stereocenters. The van der Waals surface area contributed by atoms with Crippen LogP contribution in [0.4, 0.5) is 10.5 Å². The topological polar surface area (TPSA) is 108 Å². The molecule has 1 aromatic rings. The molecule has 0 radical (unpaired) electrons. The Morgan fingerprint density at radius 1 is 1.04 bits per heavy atom. The van der Waals surface area contributed by atoms with Crippen molar-refractivity contribution in [2.24, 2.45) is 0 Å². The van der Waals surface area contributed by atoms with Gasteiger partial charge in [0.15, 0.2) is 0 Å². The van der Waals surface area contributed by atoms with E-state index in [-0.39, 0.29) is 22.9 Å². The second kappa shape index (κ2) is 8.89. The van der Waals surface area contributed by atoms with Crippen LogP contribution in [-0.2, 0) is 19.6 Å². The van der Waals surface area contributed by atoms with Gasteiger partial charge >= 0.3 is 6.03 Å². The number of hydrogen-bond donors (Lipinski definition) is 2. The van der Waals surface area contributed by atoms with E-state index in [1.54, 1.807) is 24.0 Å². The number of rotatable bonds is 4. The monoisotopic (exact) mass is 410 g/mol. The van der Waals surface area contributed by atoms with E-state index < -0.39 is 10.0 Å². The van der Waals surface area contributed by atoms with Crippen LogP contribution in [0.5, 0.6) is 0 Å². The highest BCUT2D eigenvalue weighted by Crippen LogP contribution is 2.19. The maximum absolute atomic E-state index is 12.6. The van der Waals surface area contributed by atoms with Gasteiger partial charge in [-0.05, 0) is 37.1 Å². The summed E-state index contributed by atoms with van der Waals surface area (Å²) in [6, 6.07) is 5.80. The van der Waals surface area contributed by atoms with Crippen molar-refractivity contribution < 1.29 is 22.7 Å². The van der Waals surface area contributed by atoms with Crippen LogP contribution in [0.1, 0.15) is 19.8 Å². The minimum absolute atomic E-state index is 0.0107. The molecule has 28 heavy (non-hydrogen) atoms. The molecule has 10 heteroatoms. The predicted molar refractivity (Wildman–Crippen MR) is 103 cm³/mol. The van der Waals surface area contributed by atoms with Crippen LogP contribution in [0.2, 0.25) is 0 Å². The van der Waals surface area contributed by atoms with Gasteiger partial charge in [-0.3, -0.25) is 4.79 Å². The number of carbonyl (C=O) groups excluding carboxylic acids is 2. The molecular weight excluding hydrogens is 384 g/mol. The quantitative estimate of drug-likeness (QED) is 0.765. The molecule has 2 heterocycles. The Bertz CT molecular complexity index is 798. The van der Waals surface area contributed by atoms with Gasteiger partial charge in [-0.25, -0.2) is 13.2 Å². The highest BCUT2D eigenvalue weighted by Gasteiger charge is 2.26. The Kier molecular flexibility index (Phi) is 6.53.